The molecule has 1 aromatic rings. The van der Waals surface area contributed by atoms with Crippen molar-refractivity contribution in [2.75, 3.05) is 37.6 Å². The van der Waals surface area contributed by atoms with E-state index in [0.29, 0.717) is 0 Å². The Morgan fingerprint density at radius 1 is 1.33 bits per heavy atom. The molecule has 0 saturated carbocycles. The monoisotopic (exact) mass is 248 g/mol. The molecule has 2 heterocycles. The second-order valence-corrected chi connectivity index (χ2v) is 5.06. The molecule has 0 amide bonds. The molecule has 1 saturated heterocycles. The van der Waals surface area contributed by atoms with E-state index in [1.165, 1.54) is 13.0 Å². The molecule has 18 heavy (non-hydrogen) atoms. The van der Waals surface area contributed by atoms with E-state index in [1.807, 2.05) is 19.2 Å². The van der Waals surface area contributed by atoms with Gasteiger partial charge in [0.05, 0.1) is 0 Å². The zero-order chi connectivity index (χ0) is 13.0. The number of hydrogen-bond acceptors (Lipinski definition) is 4. The molecule has 0 aliphatic carbocycles. The normalized spacial score (nSPS) is 18.9. The highest BCUT2D eigenvalue weighted by atomic mass is 15.3. The molecule has 2 N–H and O–H groups in total. The quantitative estimate of drug-likeness (QED) is 0.880. The number of aromatic nitrogens is 1. The molecule has 0 aromatic carbocycles. The van der Waals surface area contributed by atoms with Crippen molar-refractivity contribution in [1.82, 2.24) is 9.88 Å². The third kappa shape index (κ3) is 3.21. The Morgan fingerprint density at radius 3 is 2.67 bits per heavy atom. The van der Waals surface area contributed by atoms with Gasteiger partial charge in [0.2, 0.25) is 0 Å². The molecule has 4 nitrogen and oxygen atoms in total. The Bertz CT molecular complexity index is 370. The summed E-state index contributed by atoms with van der Waals surface area (Å²) in [6.07, 6.45) is 3.10. The van der Waals surface area contributed by atoms with Crippen molar-refractivity contribution in [3.63, 3.8) is 0 Å². The molecule has 100 valence electrons. The van der Waals surface area contributed by atoms with Crippen molar-refractivity contribution in [3.8, 4) is 0 Å². The van der Waals surface area contributed by atoms with Crippen LogP contribution >= 0.6 is 0 Å². The summed E-state index contributed by atoms with van der Waals surface area (Å²) in [5.41, 5.74) is 7.08. The number of nitrogens with two attached hydrogens (primary N) is 1. The van der Waals surface area contributed by atoms with Crippen LogP contribution in [0.2, 0.25) is 0 Å². The fourth-order valence-corrected chi connectivity index (χ4v) is 2.41. The first-order valence-corrected chi connectivity index (χ1v) is 6.89. The van der Waals surface area contributed by atoms with Gasteiger partial charge in [-0.2, -0.15) is 0 Å². The summed E-state index contributed by atoms with van der Waals surface area (Å²) in [6.45, 7) is 9.86. The maximum atomic E-state index is 5.92. The van der Waals surface area contributed by atoms with Gasteiger partial charge in [0.1, 0.15) is 5.82 Å². The molecule has 0 radical (unpaired) electrons. The highest BCUT2D eigenvalue weighted by Crippen LogP contribution is 2.18. The minimum absolute atomic E-state index is 0.0770. The second kappa shape index (κ2) is 6.16. The molecule has 0 unspecified atom stereocenters. The summed E-state index contributed by atoms with van der Waals surface area (Å²) < 4.78 is 0. The third-order valence-corrected chi connectivity index (χ3v) is 3.53. The summed E-state index contributed by atoms with van der Waals surface area (Å²) in [4.78, 5) is 9.35. The van der Waals surface area contributed by atoms with Crippen LogP contribution in [-0.4, -0.2) is 42.6 Å². The van der Waals surface area contributed by atoms with Gasteiger partial charge in [-0.1, -0.05) is 6.92 Å². The van der Waals surface area contributed by atoms with Gasteiger partial charge >= 0.3 is 0 Å². The number of anilines is 1. The lowest BCUT2D eigenvalue weighted by Gasteiger charge is -2.35. The van der Waals surface area contributed by atoms with Crippen molar-refractivity contribution in [2.45, 2.75) is 26.3 Å². The van der Waals surface area contributed by atoms with Crippen LogP contribution in [-0.2, 0) is 0 Å². The van der Waals surface area contributed by atoms with E-state index < -0.39 is 0 Å². The molecule has 0 spiro atoms. The van der Waals surface area contributed by atoms with Gasteiger partial charge in [0.15, 0.2) is 0 Å². The molecule has 0 bridgehead atoms. The van der Waals surface area contributed by atoms with E-state index >= 15 is 0 Å². The minimum atomic E-state index is 0.0770. The molecule has 1 fully saturated rings. The molecular formula is C14H24N4. The van der Waals surface area contributed by atoms with Crippen molar-refractivity contribution >= 4 is 5.82 Å². The van der Waals surface area contributed by atoms with Gasteiger partial charge in [-0.3, -0.25) is 4.90 Å². The number of hydrogen-bond donors (Lipinski definition) is 1. The Morgan fingerprint density at radius 2 is 2.06 bits per heavy atom. The average Bonchev–Trinajstić information content (AvgIpc) is 2.40. The highest BCUT2D eigenvalue weighted by molar-refractivity contribution is 5.42. The molecule has 1 aromatic heterocycles. The number of pyridine rings is 1. The summed E-state index contributed by atoms with van der Waals surface area (Å²) in [6, 6.07) is 4.20. The molecule has 1 aliphatic heterocycles. The fourth-order valence-electron chi connectivity index (χ4n) is 2.41. The van der Waals surface area contributed by atoms with Crippen LogP contribution in [0.15, 0.2) is 18.3 Å². The lowest BCUT2D eigenvalue weighted by Crippen LogP contribution is -2.46. The SMILES string of the molecule is CCCN1CCN(c2cc([C@@H](C)N)ccn2)CC1. The number of rotatable bonds is 4. The lowest BCUT2D eigenvalue weighted by molar-refractivity contribution is 0.258. The van der Waals surface area contributed by atoms with Gasteiger partial charge in [0.25, 0.3) is 0 Å². The maximum Gasteiger partial charge on any atom is 0.128 e. The Kier molecular flexibility index (Phi) is 4.55. The maximum absolute atomic E-state index is 5.92. The van der Waals surface area contributed by atoms with E-state index in [-0.39, 0.29) is 6.04 Å². The van der Waals surface area contributed by atoms with Crippen LogP contribution in [0.1, 0.15) is 31.9 Å². The van der Waals surface area contributed by atoms with Gasteiger partial charge in [0, 0.05) is 38.4 Å². The highest BCUT2D eigenvalue weighted by Gasteiger charge is 2.17. The van der Waals surface area contributed by atoms with E-state index in [1.54, 1.807) is 0 Å². The van der Waals surface area contributed by atoms with Gasteiger partial charge < -0.3 is 10.6 Å². The molecule has 1 atom stereocenters. The molecule has 4 heteroatoms. The predicted octanol–water partition coefficient (Wildman–Crippen LogP) is 1.63. The minimum Gasteiger partial charge on any atom is -0.354 e. The first-order chi connectivity index (χ1) is 8.70. The topological polar surface area (TPSA) is 45.4 Å². The zero-order valence-electron chi connectivity index (χ0n) is 11.5. The number of nitrogens with zero attached hydrogens (tertiary/aromatic N) is 3. The Hall–Kier alpha value is -1.13. The average molecular weight is 248 g/mol. The van der Waals surface area contributed by atoms with Crippen molar-refractivity contribution in [2.24, 2.45) is 5.73 Å². The summed E-state index contributed by atoms with van der Waals surface area (Å²) >= 11 is 0. The Labute approximate surface area is 110 Å². The zero-order valence-corrected chi connectivity index (χ0v) is 11.5. The molecule has 1 aliphatic rings. The van der Waals surface area contributed by atoms with Gasteiger partial charge in [-0.25, -0.2) is 4.98 Å². The fraction of sp³-hybridized carbons (Fsp3) is 0.643. The largest absolute Gasteiger partial charge is 0.354 e. The predicted molar refractivity (Wildman–Crippen MR) is 75.8 cm³/mol. The summed E-state index contributed by atoms with van der Waals surface area (Å²) in [5.74, 6) is 1.07. The standard InChI is InChI=1S/C14H24N4/c1-3-6-17-7-9-18(10-8-17)14-11-13(12(2)15)4-5-16-14/h4-5,11-12H,3,6-10,15H2,1-2H3/t12-/m1/s1. The summed E-state index contributed by atoms with van der Waals surface area (Å²) in [5, 5.41) is 0. The van der Waals surface area contributed by atoms with Gasteiger partial charge in [-0.15, -0.1) is 0 Å². The second-order valence-electron chi connectivity index (χ2n) is 5.06. The first-order valence-electron chi connectivity index (χ1n) is 6.89. The first kappa shape index (κ1) is 13.3. The third-order valence-electron chi connectivity index (χ3n) is 3.53. The van der Waals surface area contributed by atoms with E-state index in [4.69, 9.17) is 5.73 Å². The van der Waals surface area contributed by atoms with E-state index in [2.05, 4.69) is 27.8 Å². The van der Waals surface area contributed by atoms with Crippen LogP contribution in [0, 0.1) is 0 Å². The Balaban J connectivity index is 1.98. The van der Waals surface area contributed by atoms with E-state index in [9.17, 15) is 0 Å². The van der Waals surface area contributed by atoms with Crippen molar-refractivity contribution in [3.05, 3.63) is 23.9 Å². The summed E-state index contributed by atoms with van der Waals surface area (Å²) in [7, 11) is 0. The van der Waals surface area contributed by atoms with Crippen molar-refractivity contribution in [1.29, 1.82) is 0 Å². The molecule has 2 rings (SSSR count). The smallest absolute Gasteiger partial charge is 0.128 e. The number of piperazine rings is 1. The van der Waals surface area contributed by atoms with E-state index in [0.717, 1.165) is 37.6 Å². The van der Waals surface area contributed by atoms with Crippen LogP contribution in [0.3, 0.4) is 0 Å². The van der Waals surface area contributed by atoms with Crippen LogP contribution in [0.5, 0.6) is 0 Å². The lowest BCUT2D eigenvalue weighted by atomic mass is 10.1. The van der Waals surface area contributed by atoms with Crippen LogP contribution in [0.25, 0.3) is 0 Å². The van der Waals surface area contributed by atoms with Gasteiger partial charge in [-0.05, 0) is 37.6 Å². The van der Waals surface area contributed by atoms with Crippen LogP contribution < -0.4 is 10.6 Å². The van der Waals surface area contributed by atoms with Crippen LogP contribution in [0.4, 0.5) is 5.82 Å². The van der Waals surface area contributed by atoms with Crippen molar-refractivity contribution < 1.29 is 0 Å². The molecular weight excluding hydrogens is 224 g/mol.